The maximum atomic E-state index is 12.5. The average Bonchev–Trinajstić information content (AvgIpc) is 2.90. The summed E-state index contributed by atoms with van der Waals surface area (Å²) in [7, 11) is 0. The molecule has 21 heavy (non-hydrogen) atoms. The van der Waals surface area contributed by atoms with Crippen LogP contribution >= 0.6 is 11.6 Å². The Morgan fingerprint density at radius 2 is 2.05 bits per heavy atom. The van der Waals surface area contributed by atoms with Crippen LogP contribution in [0.1, 0.15) is 26.4 Å². The largest absolute Gasteiger partial charge is 0.478 e. The molecule has 6 heteroatoms. The van der Waals surface area contributed by atoms with E-state index in [0.717, 1.165) is 5.56 Å². The van der Waals surface area contributed by atoms with Crippen LogP contribution in [-0.4, -0.2) is 28.5 Å². The van der Waals surface area contributed by atoms with E-state index in [0.29, 0.717) is 23.7 Å². The highest BCUT2D eigenvalue weighted by molar-refractivity contribution is 6.30. The van der Waals surface area contributed by atoms with E-state index in [9.17, 15) is 9.59 Å². The fraction of sp³-hybridized carbons (Fsp3) is 0.133. The minimum atomic E-state index is -1.01. The lowest BCUT2D eigenvalue weighted by atomic mass is 10.1. The zero-order chi connectivity index (χ0) is 15.0. The third-order valence-corrected chi connectivity index (χ3v) is 3.64. The molecule has 0 atom stereocenters. The molecule has 0 bridgehead atoms. The lowest BCUT2D eigenvalue weighted by molar-refractivity contribution is 0.0696. The van der Waals surface area contributed by atoms with Gasteiger partial charge in [0.1, 0.15) is 5.69 Å². The van der Waals surface area contributed by atoms with Crippen molar-refractivity contribution in [1.82, 2.24) is 4.98 Å². The fourth-order valence-electron chi connectivity index (χ4n) is 2.36. The molecule has 1 aliphatic rings. The predicted molar refractivity (Wildman–Crippen MR) is 78.0 cm³/mol. The Bertz CT molecular complexity index is 728. The number of amides is 1. The van der Waals surface area contributed by atoms with Crippen LogP contribution in [0.3, 0.4) is 0 Å². The van der Waals surface area contributed by atoms with Gasteiger partial charge < -0.3 is 10.0 Å². The van der Waals surface area contributed by atoms with Crippen molar-refractivity contribution in [2.75, 3.05) is 11.4 Å². The van der Waals surface area contributed by atoms with E-state index in [4.69, 9.17) is 16.7 Å². The Balaban J connectivity index is 1.96. The molecular weight excluding hydrogens is 292 g/mol. The van der Waals surface area contributed by atoms with Gasteiger partial charge >= 0.3 is 5.97 Å². The van der Waals surface area contributed by atoms with Crippen LogP contribution in [0.15, 0.2) is 36.5 Å². The van der Waals surface area contributed by atoms with Crippen molar-refractivity contribution >= 4 is 29.2 Å². The van der Waals surface area contributed by atoms with Gasteiger partial charge in [0.25, 0.3) is 5.91 Å². The van der Waals surface area contributed by atoms with Gasteiger partial charge in [0.2, 0.25) is 0 Å². The molecule has 2 aromatic rings. The summed E-state index contributed by atoms with van der Waals surface area (Å²) < 4.78 is 0. The average molecular weight is 303 g/mol. The molecule has 0 radical (unpaired) electrons. The summed E-state index contributed by atoms with van der Waals surface area (Å²) in [6.45, 7) is 0.515. The van der Waals surface area contributed by atoms with Gasteiger partial charge in [-0.1, -0.05) is 17.7 Å². The number of carboxylic acids is 1. The second-order valence-corrected chi connectivity index (χ2v) is 5.15. The number of hydrogen-bond donors (Lipinski definition) is 1. The summed E-state index contributed by atoms with van der Waals surface area (Å²) >= 11 is 5.76. The molecule has 106 valence electrons. The Kier molecular flexibility index (Phi) is 3.35. The van der Waals surface area contributed by atoms with Crippen molar-refractivity contribution in [3.63, 3.8) is 0 Å². The number of fused-ring (bicyclic) bond motifs is 1. The Morgan fingerprint density at radius 1 is 1.24 bits per heavy atom. The normalized spacial score (nSPS) is 13.1. The minimum Gasteiger partial charge on any atom is -0.478 e. The second kappa shape index (κ2) is 5.18. The van der Waals surface area contributed by atoms with E-state index >= 15 is 0 Å². The first-order valence-corrected chi connectivity index (χ1v) is 6.73. The molecule has 5 nitrogen and oxygen atoms in total. The van der Waals surface area contributed by atoms with Crippen LogP contribution in [0.2, 0.25) is 5.02 Å². The van der Waals surface area contributed by atoms with E-state index in [2.05, 4.69) is 4.98 Å². The van der Waals surface area contributed by atoms with Crippen LogP contribution in [0.5, 0.6) is 0 Å². The molecule has 0 fully saturated rings. The van der Waals surface area contributed by atoms with Gasteiger partial charge in [-0.05, 0) is 36.2 Å². The van der Waals surface area contributed by atoms with E-state index < -0.39 is 5.97 Å². The van der Waals surface area contributed by atoms with E-state index in [1.807, 2.05) is 0 Å². The first-order chi connectivity index (χ1) is 10.1. The van der Waals surface area contributed by atoms with E-state index in [-0.39, 0.29) is 17.2 Å². The lowest BCUT2D eigenvalue weighted by Gasteiger charge is -2.17. The van der Waals surface area contributed by atoms with Gasteiger partial charge in [0, 0.05) is 18.4 Å². The number of halogens is 1. The highest BCUT2D eigenvalue weighted by Gasteiger charge is 2.27. The fourth-order valence-corrected chi connectivity index (χ4v) is 2.48. The molecular formula is C15H11ClN2O3. The minimum absolute atomic E-state index is 0.164. The molecule has 3 rings (SSSR count). The lowest BCUT2D eigenvalue weighted by Crippen LogP contribution is -2.29. The number of benzene rings is 1. The van der Waals surface area contributed by atoms with Gasteiger partial charge in [-0.3, -0.25) is 4.79 Å². The Hall–Kier alpha value is -2.40. The number of aromatic carboxylic acids is 1. The number of carbonyl (C=O) groups excluding carboxylic acids is 1. The molecule has 0 saturated carbocycles. The summed E-state index contributed by atoms with van der Waals surface area (Å²) in [6.07, 6.45) is 2.12. The molecule has 0 unspecified atom stereocenters. The predicted octanol–water partition coefficient (Wildman–Crippen LogP) is 2.64. The smallest absolute Gasteiger partial charge is 0.335 e. The number of rotatable bonds is 2. The maximum absolute atomic E-state index is 12.5. The van der Waals surface area contributed by atoms with Crippen molar-refractivity contribution in [2.45, 2.75) is 6.42 Å². The Labute approximate surface area is 125 Å². The number of carbonyl (C=O) groups is 2. The van der Waals surface area contributed by atoms with E-state index in [1.54, 1.807) is 29.2 Å². The number of carboxylic acid groups (broad SMARTS) is 1. The molecule has 0 spiro atoms. The van der Waals surface area contributed by atoms with Gasteiger partial charge in [0.05, 0.1) is 10.6 Å². The molecule has 2 heterocycles. The summed E-state index contributed by atoms with van der Waals surface area (Å²) in [5, 5.41) is 9.52. The van der Waals surface area contributed by atoms with Crippen molar-refractivity contribution in [3.05, 3.63) is 58.4 Å². The highest BCUT2D eigenvalue weighted by Crippen LogP contribution is 2.30. The molecule has 1 aliphatic heterocycles. The molecule has 1 aromatic carbocycles. The van der Waals surface area contributed by atoms with Crippen LogP contribution in [0.25, 0.3) is 0 Å². The molecule has 1 amide bonds. The van der Waals surface area contributed by atoms with Crippen molar-refractivity contribution in [2.24, 2.45) is 0 Å². The van der Waals surface area contributed by atoms with Gasteiger partial charge in [-0.2, -0.15) is 0 Å². The number of hydrogen-bond acceptors (Lipinski definition) is 3. The zero-order valence-electron chi connectivity index (χ0n) is 10.9. The van der Waals surface area contributed by atoms with Crippen molar-refractivity contribution in [3.8, 4) is 0 Å². The summed E-state index contributed by atoms with van der Waals surface area (Å²) in [5.74, 6) is -1.27. The molecule has 0 aliphatic carbocycles. The van der Waals surface area contributed by atoms with Crippen LogP contribution in [0, 0.1) is 0 Å². The van der Waals surface area contributed by atoms with Gasteiger partial charge in [-0.25, -0.2) is 9.78 Å². The van der Waals surface area contributed by atoms with Crippen molar-refractivity contribution in [1.29, 1.82) is 0 Å². The zero-order valence-corrected chi connectivity index (χ0v) is 11.7. The Morgan fingerprint density at radius 3 is 2.71 bits per heavy atom. The third-order valence-electron chi connectivity index (χ3n) is 3.42. The summed E-state index contributed by atoms with van der Waals surface area (Å²) in [4.78, 5) is 29.1. The first kappa shape index (κ1) is 13.6. The summed E-state index contributed by atoms with van der Waals surface area (Å²) in [5.41, 5.74) is 2.05. The number of anilines is 1. The SMILES string of the molecule is O=C(O)c1ccc2c(c1)N(C(=O)c1ccc(Cl)cn1)CC2. The highest BCUT2D eigenvalue weighted by atomic mass is 35.5. The molecule has 1 N–H and O–H groups in total. The van der Waals surface area contributed by atoms with Crippen LogP contribution in [-0.2, 0) is 6.42 Å². The molecule has 0 saturated heterocycles. The second-order valence-electron chi connectivity index (χ2n) is 4.72. The summed E-state index contributed by atoms with van der Waals surface area (Å²) in [6, 6.07) is 7.99. The van der Waals surface area contributed by atoms with E-state index in [1.165, 1.54) is 12.3 Å². The van der Waals surface area contributed by atoms with Crippen LogP contribution < -0.4 is 4.90 Å². The number of pyridine rings is 1. The number of aromatic nitrogens is 1. The monoisotopic (exact) mass is 302 g/mol. The van der Waals surface area contributed by atoms with Crippen molar-refractivity contribution < 1.29 is 14.7 Å². The maximum Gasteiger partial charge on any atom is 0.335 e. The molecule has 1 aromatic heterocycles. The topological polar surface area (TPSA) is 70.5 Å². The standard InChI is InChI=1S/C15H11ClN2O3/c16-11-3-4-12(17-8-11)14(19)18-6-5-9-1-2-10(15(20)21)7-13(9)18/h1-4,7-8H,5-6H2,(H,20,21). The number of nitrogens with zero attached hydrogens (tertiary/aromatic N) is 2. The third kappa shape index (κ3) is 2.48. The van der Waals surface area contributed by atoms with Crippen LogP contribution in [0.4, 0.5) is 5.69 Å². The quantitative estimate of drug-likeness (QED) is 0.926. The van der Waals surface area contributed by atoms with Gasteiger partial charge in [-0.15, -0.1) is 0 Å². The van der Waals surface area contributed by atoms with Gasteiger partial charge in [0.15, 0.2) is 0 Å². The first-order valence-electron chi connectivity index (χ1n) is 6.36.